The summed E-state index contributed by atoms with van der Waals surface area (Å²) in [4.78, 5) is 2.57. The smallest absolute Gasteiger partial charge is 0.123 e. The van der Waals surface area contributed by atoms with Crippen LogP contribution in [0.15, 0.2) is 24.3 Å². The molecule has 0 aromatic heterocycles. The molecule has 0 amide bonds. The van der Waals surface area contributed by atoms with Gasteiger partial charge in [-0.1, -0.05) is 32.0 Å². The van der Waals surface area contributed by atoms with Crippen LogP contribution in [0.1, 0.15) is 32.3 Å². The summed E-state index contributed by atoms with van der Waals surface area (Å²) in [5.74, 6) is 2.64. The normalized spacial score (nSPS) is 23.8. The van der Waals surface area contributed by atoms with Gasteiger partial charge in [-0.3, -0.25) is 0 Å². The van der Waals surface area contributed by atoms with Crippen LogP contribution < -0.4 is 10.5 Å². The van der Waals surface area contributed by atoms with Gasteiger partial charge in [0, 0.05) is 25.2 Å². The lowest BCUT2D eigenvalue weighted by molar-refractivity contribution is 0.130. The molecular formula is C17H28N2O. The Hall–Kier alpha value is -1.06. The third-order valence-electron chi connectivity index (χ3n) is 4.49. The lowest BCUT2D eigenvalue weighted by Crippen LogP contribution is -2.39. The monoisotopic (exact) mass is 276 g/mol. The third kappa shape index (κ3) is 4.22. The van der Waals surface area contributed by atoms with Crippen LogP contribution in [0.3, 0.4) is 0 Å². The molecule has 1 aliphatic rings. The van der Waals surface area contributed by atoms with E-state index in [4.69, 9.17) is 10.5 Å². The summed E-state index contributed by atoms with van der Waals surface area (Å²) in [6.45, 7) is 9.67. The van der Waals surface area contributed by atoms with Crippen molar-refractivity contribution in [1.82, 2.24) is 4.90 Å². The Labute approximate surface area is 123 Å². The quantitative estimate of drug-likeness (QED) is 0.812. The molecule has 1 aliphatic heterocycles. The Morgan fingerprint density at radius 1 is 1.25 bits per heavy atom. The van der Waals surface area contributed by atoms with E-state index in [0.717, 1.165) is 42.7 Å². The number of benzene rings is 1. The number of hydrogen-bond donors (Lipinski definition) is 1. The maximum Gasteiger partial charge on any atom is 0.123 e. The summed E-state index contributed by atoms with van der Waals surface area (Å²) in [5.41, 5.74) is 6.80. The summed E-state index contributed by atoms with van der Waals surface area (Å²) in [5, 5.41) is 0. The molecule has 2 unspecified atom stereocenters. The predicted octanol–water partition coefficient (Wildman–Crippen LogP) is 2.89. The van der Waals surface area contributed by atoms with Crippen molar-refractivity contribution in [1.29, 1.82) is 0 Å². The molecule has 0 bridgehead atoms. The molecule has 2 rings (SSSR count). The zero-order valence-corrected chi connectivity index (χ0v) is 12.8. The first-order valence-corrected chi connectivity index (χ1v) is 7.84. The van der Waals surface area contributed by atoms with Gasteiger partial charge in [0.15, 0.2) is 0 Å². The molecule has 0 saturated carbocycles. The number of ether oxygens (including phenoxy) is 1. The first-order valence-electron chi connectivity index (χ1n) is 7.84. The van der Waals surface area contributed by atoms with E-state index in [1.165, 1.54) is 19.5 Å². The van der Waals surface area contributed by atoms with Crippen molar-refractivity contribution in [3.05, 3.63) is 29.8 Å². The second-order valence-electron chi connectivity index (χ2n) is 6.06. The van der Waals surface area contributed by atoms with Crippen LogP contribution >= 0.6 is 0 Å². The Morgan fingerprint density at radius 3 is 2.80 bits per heavy atom. The highest BCUT2D eigenvalue weighted by Gasteiger charge is 2.21. The van der Waals surface area contributed by atoms with Crippen LogP contribution in [0.2, 0.25) is 0 Å². The van der Waals surface area contributed by atoms with Crippen molar-refractivity contribution in [2.45, 2.75) is 33.2 Å². The molecule has 1 fully saturated rings. The van der Waals surface area contributed by atoms with E-state index in [0.29, 0.717) is 6.54 Å². The molecule has 1 heterocycles. The van der Waals surface area contributed by atoms with Gasteiger partial charge in [0.2, 0.25) is 0 Å². The molecule has 20 heavy (non-hydrogen) atoms. The highest BCUT2D eigenvalue weighted by Crippen LogP contribution is 2.22. The Bertz CT molecular complexity index is 408. The van der Waals surface area contributed by atoms with Crippen LogP contribution in [0.4, 0.5) is 0 Å². The van der Waals surface area contributed by atoms with Crippen molar-refractivity contribution in [2.24, 2.45) is 17.6 Å². The van der Waals surface area contributed by atoms with Crippen LogP contribution in [-0.2, 0) is 6.54 Å². The van der Waals surface area contributed by atoms with Gasteiger partial charge in [0.1, 0.15) is 5.75 Å². The fraction of sp³-hybridized carbons (Fsp3) is 0.647. The minimum atomic E-state index is 0.539. The molecule has 3 heteroatoms. The highest BCUT2D eigenvalue weighted by atomic mass is 16.5. The van der Waals surface area contributed by atoms with Crippen molar-refractivity contribution in [3.63, 3.8) is 0 Å². The summed E-state index contributed by atoms with van der Waals surface area (Å²) >= 11 is 0. The SMILES string of the molecule is CC1CCN(CCCOc2ccccc2CN)CC1C. The lowest BCUT2D eigenvalue weighted by Gasteiger charge is -2.35. The first-order chi connectivity index (χ1) is 9.70. The summed E-state index contributed by atoms with van der Waals surface area (Å²) in [7, 11) is 0. The molecule has 0 aliphatic carbocycles. The number of likely N-dealkylation sites (tertiary alicyclic amines) is 1. The molecule has 3 nitrogen and oxygen atoms in total. The fourth-order valence-electron chi connectivity index (χ4n) is 2.84. The molecule has 2 atom stereocenters. The average molecular weight is 276 g/mol. The second kappa shape index (κ2) is 7.65. The van der Waals surface area contributed by atoms with Crippen molar-refractivity contribution in [2.75, 3.05) is 26.2 Å². The van der Waals surface area contributed by atoms with Gasteiger partial charge in [0.25, 0.3) is 0 Å². The summed E-state index contributed by atoms with van der Waals surface area (Å²) in [6, 6.07) is 8.05. The number of nitrogens with two attached hydrogens (primary N) is 1. The molecule has 1 aromatic carbocycles. The Morgan fingerprint density at radius 2 is 2.05 bits per heavy atom. The van der Waals surface area contributed by atoms with Crippen LogP contribution in [-0.4, -0.2) is 31.1 Å². The van der Waals surface area contributed by atoms with E-state index in [1.807, 2.05) is 24.3 Å². The average Bonchev–Trinajstić information content (AvgIpc) is 2.47. The zero-order chi connectivity index (χ0) is 14.4. The molecule has 1 saturated heterocycles. The van der Waals surface area contributed by atoms with E-state index in [1.54, 1.807) is 0 Å². The molecule has 2 N–H and O–H groups in total. The lowest BCUT2D eigenvalue weighted by atomic mass is 9.89. The van der Waals surface area contributed by atoms with Crippen molar-refractivity contribution < 1.29 is 4.74 Å². The molecule has 112 valence electrons. The van der Waals surface area contributed by atoms with Gasteiger partial charge in [-0.2, -0.15) is 0 Å². The molecule has 0 spiro atoms. The Kier molecular flexibility index (Phi) is 5.86. The van der Waals surface area contributed by atoms with Crippen LogP contribution in [0, 0.1) is 11.8 Å². The van der Waals surface area contributed by atoms with E-state index < -0.39 is 0 Å². The number of piperidine rings is 1. The van der Waals surface area contributed by atoms with E-state index in [-0.39, 0.29) is 0 Å². The standard InChI is InChI=1S/C17H28N2O/c1-14-8-10-19(13-15(14)2)9-5-11-20-17-7-4-3-6-16(17)12-18/h3-4,6-7,14-15H,5,8-13,18H2,1-2H3. The van der Waals surface area contributed by atoms with Crippen molar-refractivity contribution in [3.8, 4) is 5.75 Å². The van der Waals surface area contributed by atoms with E-state index in [2.05, 4.69) is 18.7 Å². The maximum atomic E-state index is 5.86. The third-order valence-corrected chi connectivity index (χ3v) is 4.49. The second-order valence-corrected chi connectivity index (χ2v) is 6.06. The summed E-state index contributed by atoms with van der Waals surface area (Å²) < 4.78 is 5.86. The molecule has 0 radical (unpaired) electrons. The molecule has 1 aromatic rings. The minimum Gasteiger partial charge on any atom is -0.493 e. The van der Waals surface area contributed by atoms with E-state index >= 15 is 0 Å². The van der Waals surface area contributed by atoms with Gasteiger partial charge in [-0.25, -0.2) is 0 Å². The molecular weight excluding hydrogens is 248 g/mol. The van der Waals surface area contributed by atoms with Crippen LogP contribution in [0.5, 0.6) is 5.75 Å². The Balaban J connectivity index is 1.69. The van der Waals surface area contributed by atoms with Gasteiger partial charge in [0.05, 0.1) is 6.61 Å². The number of para-hydroxylation sites is 1. The number of hydrogen-bond acceptors (Lipinski definition) is 3. The van der Waals surface area contributed by atoms with Gasteiger partial charge >= 0.3 is 0 Å². The minimum absolute atomic E-state index is 0.539. The number of nitrogens with zero attached hydrogens (tertiary/aromatic N) is 1. The van der Waals surface area contributed by atoms with Gasteiger partial charge in [-0.15, -0.1) is 0 Å². The largest absolute Gasteiger partial charge is 0.493 e. The van der Waals surface area contributed by atoms with Gasteiger partial charge < -0.3 is 15.4 Å². The maximum absolute atomic E-state index is 5.86. The fourth-order valence-corrected chi connectivity index (χ4v) is 2.84. The van der Waals surface area contributed by atoms with Gasteiger partial charge in [-0.05, 0) is 37.3 Å². The van der Waals surface area contributed by atoms with Crippen molar-refractivity contribution >= 4 is 0 Å². The zero-order valence-electron chi connectivity index (χ0n) is 12.8. The topological polar surface area (TPSA) is 38.5 Å². The highest BCUT2D eigenvalue weighted by molar-refractivity contribution is 5.32. The predicted molar refractivity (Wildman–Crippen MR) is 83.8 cm³/mol. The number of rotatable bonds is 6. The van der Waals surface area contributed by atoms with Crippen LogP contribution in [0.25, 0.3) is 0 Å². The van der Waals surface area contributed by atoms with E-state index in [9.17, 15) is 0 Å². The first kappa shape index (κ1) is 15.3. The summed E-state index contributed by atoms with van der Waals surface area (Å²) in [6.07, 6.45) is 2.41.